The number of primary amides is 1. The number of hydrogen-bond acceptors (Lipinski definition) is 4. The van der Waals surface area contributed by atoms with Crippen molar-refractivity contribution < 1.29 is 13.2 Å². The van der Waals surface area contributed by atoms with Crippen molar-refractivity contribution in [2.24, 2.45) is 17.4 Å². The average molecular weight is 221 g/mol. The monoisotopic (exact) mass is 221 g/mol. The van der Waals surface area contributed by atoms with E-state index >= 15 is 0 Å². The Kier molecular flexibility index (Phi) is 3.46. The predicted octanol–water partition coefficient (Wildman–Crippen LogP) is -1.92. The van der Waals surface area contributed by atoms with Gasteiger partial charge in [-0.1, -0.05) is 0 Å². The molecule has 1 atom stereocenters. The Bertz CT molecular complexity index is 314. The molecule has 1 aliphatic heterocycles. The Hall–Kier alpha value is -0.660. The Balaban J connectivity index is 2.62. The summed E-state index contributed by atoms with van der Waals surface area (Å²) in [6.45, 7) is 0.674. The van der Waals surface area contributed by atoms with E-state index in [0.29, 0.717) is 13.0 Å². The van der Waals surface area contributed by atoms with Gasteiger partial charge in [0.1, 0.15) is 0 Å². The summed E-state index contributed by atoms with van der Waals surface area (Å²) in [5.74, 6) is -0.851. The van der Waals surface area contributed by atoms with Crippen LogP contribution in [-0.4, -0.2) is 44.0 Å². The maximum absolute atomic E-state index is 11.5. The summed E-state index contributed by atoms with van der Waals surface area (Å²) >= 11 is 0. The lowest BCUT2D eigenvalue weighted by Crippen LogP contribution is -2.35. The third-order valence-electron chi connectivity index (χ3n) is 2.32. The quantitative estimate of drug-likeness (QED) is 0.577. The minimum atomic E-state index is -3.28. The third kappa shape index (κ3) is 2.43. The van der Waals surface area contributed by atoms with Crippen LogP contribution in [0.1, 0.15) is 6.42 Å². The van der Waals surface area contributed by atoms with Crippen molar-refractivity contribution in [3.63, 3.8) is 0 Å². The average Bonchev–Trinajstić information content (AvgIpc) is 2.51. The van der Waals surface area contributed by atoms with Gasteiger partial charge in [0.05, 0.1) is 11.7 Å². The number of hydrogen-bond donors (Lipinski definition) is 2. The highest BCUT2D eigenvalue weighted by Gasteiger charge is 2.33. The van der Waals surface area contributed by atoms with Crippen molar-refractivity contribution in [1.82, 2.24) is 4.31 Å². The summed E-state index contributed by atoms with van der Waals surface area (Å²) < 4.78 is 24.3. The molecule has 1 fully saturated rings. The molecule has 1 saturated heterocycles. The Morgan fingerprint density at radius 1 is 1.50 bits per heavy atom. The van der Waals surface area contributed by atoms with Crippen molar-refractivity contribution in [2.45, 2.75) is 6.42 Å². The van der Waals surface area contributed by atoms with Crippen LogP contribution < -0.4 is 11.5 Å². The zero-order valence-electron chi connectivity index (χ0n) is 7.85. The molecule has 1 heterocycles. The highest BCUT2D eigenvalue weighted by Crippen LogP contribution is 2.18. The Labute approximate surface area is 83.3 Å². The van der Waals surface area contributed by atoms with Gasteiger partial charge in [-0.2, -0.15) is 0 Å². The summed E-state index contributed by atoms with van der Waals surface area (Å²) in [6, 6.07) is 0. The highest BCUT2D eigenvalue weighted by molar-refractivity contribution is 7.89. The number of carbonyl (C=O) groups is 1. The molecule has 0 spiro atoms. The normalized spacial score (nSPS) is 23.9. The number of rotatable bonds is 4. The van der Waals surface area contributed by atoms with Crippen molar-refractivity contribution >= 4 is 15.9 Å². The van der Waals surface area contributed by atoms with Crippen LogP contribution in [0.2, 0.25) is 0 Å². The summed E-state index contributed by atoms with van der Waals surface area (Å²) in [7, 11) is -3.28. The Morgan fingerprint density at radius 2 is 2.14 bits per heavy atom. The fourth-order valence-electron chi connectivity index (χ4n) is 1.49. The fourth-order valence-corrected chi connectivity index (χ4v) is 2.84. The van der Waals surface area contributed by atoms with Gasteiger partial charge >= 0.3 is 0 Å². The largest absolute Gasteiger partial charge is 0.369 e. The molecule has 6 nitrogen and oxygen atoms in total. The van der Waals surface area contributed by atoms with Gasteiger partial charge < -0.3 is 11.5 Å². The van der Waals surface area contributed by atoms with Crippen LogP contribution in [0.15, 0.2) is 0 Å². The Morgan fingerprint density at radius 3 is 2.57 bits per heavy atom. The second-order valence-electron chi connectivity index (χ2n) is 3.35. The first-order chi connectivity index (χ1) is 6.47. The minimum absolute atomic E-state index is 0.0710. The number of amides is 1. The first kappa shape index (κ1) is 11.4. The molecule has 7 heteroatoms. The molecule has 0 aliphatic carbocycles. The van der Waals surface area contributed by atoms with Crippen LogP contribution >= 0.6 is 0 Å². The summed E-state index contributed by atoms with van der Waals surface area (Å²) in [5.41, 5.74) is 10.3. The minimum Gasteiger partial charge on any atom is -0.369 e. The standard InChI is InChI=1S/C7H15N3O3S/c8-2-4-14(12,13)10-3-1-6(5-10)7(9)11/h6H,1-5,8H2,(H2,9,11). The van der Waals surface area contributed by atoms with Gasteiger partial charge in [0.2, 0.25) is 15.9 Å². The van der Waals surface area contributed by atoms with E-state index < -0.39 is 15.9 Å². The molecule has 14 heavy (non-hydrogen) atoms. The molecule has 0 bridgehead atoms. The van der Waals surface area contributed by atoms with E-state index in [-0.39, 0.29) is 24.8 Å². The molecular weight excluding hydrogens is 206 g/mol. The number of carbonyl (C=O) groups excluding carboxylic acids is 1. The topological polar surface area (TPSA) is 106 Å². The molecule has 0 aromatic heterocycles. The van der Waals surface area contributed by atoms with E-state index in [1.807, 2.05) is 0 Å². The first-order valence-electron chi connectivity index (χ1n) is 4.44. The number of sulfonamides is 1. The molecule has 0 aromatic rings. The van der Waals surface area contributed by atoms with Crippen LogP contribution in [0.3, 0.4) is 0 Å². The van der Waals surface area contributed by atoms with E-state index in [9.17, 15) is 13.2 Å². The number of nitrogens with two attached hydrogens (primary N) is 2. The van der Waals surface area contributed by atoms with Crippen molar-refractivity contribution in [3.8, 4) is 0 Å². The van der Waals surface area contributed by atoms with Crippen LogP contribution in [0.5, 0.6) is 0 Å². The maximum Gasteiger partial charge on any atom is 0.221 e. The van der Waals surface area contributed by atoms with E-state index in [4.69, 9.17) is 11.5 Å². The molecule has 82 valence electrons. The van der Waals surface area contributed by atoms with Crippen LogP contribution in [0.25, 0.3) is 0 Å². The van der Waals surface area contributed by atoms with Crippen molar-refractivity contribution in [3.05, 3.63) is 0 Å². The molecule has 1 unspecified atom stereocenters. The van der Waals surface area contributed by atoms with Gasteiger partial charge in [-0.05, 0) is 6.42 Å². The molecule has 0 aromatic carbocycles. The lowest BCUT2D eigenvalue weighted by atomic mass is 10.1. The van der Waals surface area contributed by atoms with Gasteiger partial charge in [-0.15, -0.1) is 0 Å². The fraction of sp³-hybridized carbons (Fsp3) is 0.857. The van der Waals surface area contributed by atoms with E-state index in [1.54, 1.807) is 0 Å². The predicted molar refractivity (Wildman–Crippen MR) is 51.7 cm³/mol. The SMILES string of the molecule is NCCS(=O)(=O)N1CCC(C(N)=O)C1. The first-order valence-corrected chi connectivity index (χ1v) is 6.05. The third-order valence-corrected chi connectivity index (χ3v) is 4.19. The molecule has 0 radical (unpaired) electrons. The lowest BCUT2D eigenvalue weighted by Gasteiger charge is -2.14. The zero-order valence-corrected chi connectivity index (χ0v) is 8.66. The van der Waals surface area contributed by atoms with Gasteiger partial charge in [0.25, 0.3) is 0 Å². The number of nitrogens with zero attached hydrogens (tertiary/aromatic N) is 1. The lowest BCUT2D eigenvalue weighted by molar-refractivity contribution is -0.121. The summed E-state index contributed by atoms with van der Waals surface area (Å²) in [5, 5.41) is 0. The zero-order chi connectivity index (χ0) is 10.8. The van der Waals surface area contributed by atoms with E-state index in [0.717, 1.165) is 0 Å². The van der Waals surface area contributed by atoms with Crippen LogP contribution in [-0.2, 0) is 14.8 Å². The highest BCUT2D eigenvalue weighted by atomic mass is 32.2. The van der Waals surface area contributed by atoms with E-state index in [1.165, 1.54) is 4.31 Å². The van der Waals surface area contributed by atoms with Crippen LogP contribution in [0.4, 0.5) is 0 Å². The van der Waals surface area contributed by atoms with Crippen molar-refractivity contribution in [2.75, 3.05) is 25.4 Å². The molecular formula is C7H15N3O3S. The molecule has 1 rings (SSSR count). The van der Waals surface area contributed by atoms with E-state index in [2.05, 4.69) is 0 Å². The summed E-state index contributed by atoms with van der Waals surface area (Å²) in [6.07, 6.45) is 0.513. The van der Waals surface area contributed by atoms with Gasteiger partial charge in [-0.3, -0.25) is 4.79 Å². The smallest absolute Gasteiger partial charge is 0.221 e. The second kappa shape index (κ2) is 4.24. The van der Waals surface area contributed by atoms with Gasteiger partial charge in [-0.25, -0.2) is 12.7 Å². The maximum atomic E-state index is 11.5. The molecule has 0 saturated carbocycles. The van der Waals surface area contributed by atoms with Gasteiger partial charge in [0, 0.05) is 19.6 Å². The summed E-state index contributed by atoms with van der Waals surface area (Å²) in [4.78, 5) is 10.8. The molecule has 1 amide bonds. The van der Waals surface area contributed by atoms with Crippen molar-refractivity contribution in [1.29, 1.82) is 0 Å². The molecule has 4 N–H and O–H groups in total. The van der Waals surface area contributed by atoms with Gasteiger partial charge in [0.15, 0.2) is 0 Å². The molecule has 1 aliphatic rings. The van der Waals surface area contributed by atoms with Crippen LogP contribution in [0, 0.1) is 5.92 Å². The second-order valence-corrected chi connectivity index (χ2v) is 5.44.